The van der Waals surface area contributed by atoms with Crippen LogP contribution in [0.3, 0.4) is 0 Å². The highest BCUT2D eigenvalue weighted by Gasteiger charge is 2.50. The summed E-state index contributed by atoms with van der Waals surface area (Å²) in [6, 6.07) is 10.3. The van der Waals surface area contributed by atoms with Crippen molar-refractivity contribution in [2.45, 2.75) is 51.0 Å². The van der Waals surface area contributed by atoms with Crippen LogP contribution in [0.1, 0.15) is 54.6 Å². The first-order valence-corrected chi connectivity index (χ1v) is 10.0. The summed E-state index contributed by atoms with van der Waals surface area (Å²) in [5.74, 6) is 0.943. The summed E-state index contributed by atoms with van der Waals surface area (Å²) in [4.78, 5) is 19.0. The summed E-state index contributed by atoms with van der Waals surface area (Å²) in [6.45, 7) is 5.76. The Labute approximate surface area is 161 Å². The fourth-order valence-electron chi connectivity index (χ4n) is 5.46. The van der Waals surface area contributed by atoms with Gasteiger partial charge in [0.1, 0.15) is 5.75 Å². The van der Waals surface area contributed by atoms with E-state index in [9.17, 15) is 4.79 Å². The van der Waals surface area contributed by atoms with Crippen LogP contribution in [0.4, 0.5) is 0 Å². The first-order valence-electron chi connectivity index (χ1n) is 10.0. The van der Waals surface area contributed by atoms with Crippen LogP contribution in [0.15, 0.2) is 42.7 Å². The molecule has 3 atom stereocenters. The van der Waals surface area contributed by atoms with Gasteiger partial charge in [0.15, 0.2) is 0 Å². The molecule has 2 aromatic rings. The maximum absolute atomic E-state index is 12.4. The molecule has 0 radical (unpaired) electrons. The predicted octanol–water partition coefficient (Wildman–Crippen LogP) is 4.24. The molecule has 0 saturated carbocycles. The Bertz CT molecular complexity index is 836. The van der Waals surface area contributed by atoms with Crippen molar-refractivity contribution in [2.24, 2.45) is 5.92 Å². The highest BCUT2D eigenvalue weighted by atomic mass is 16.5. The van der Waals surface area contributed by atoms with Crippen molar-refractivity contribution in [3.05, 3.63) is 59.4 Å². The number of hydrogen-bond acceptors (Lipinski definition) is 4. The molecule has 4 rings (SSSR count). The van der Waals surface area contributed by atoms with Crippen molar-refractivity contribution < 1.29 is 9.53 Å². The molecule has 1 aromatic heterocycles. The number of rotatable bonds is 4. The van der Waals surface area contributed by atoms with Gasteiger partial charge in [-0.05, 0) is 74.2 Å². The molecule has 2 bridgehead atoms. The lowest BCUT2D eigenvalue weighted by atomic mass is 9.55. The Morgan fingerprint density at radius 1 is 1.33 bits per heavy atom. The SMILES string of the molecule is CC[C@H]1C2Cc3ccc(OC(=O)c4cccnc4)cc3[C@@]1(CC)CCN2C. The normalized spacial score (nSPS) is 27.1. The van der Waals surface area contributed by atoms with Gasteiger partial charge in [0.05, 0.1) is 5.56 Å². The standard InChI is InChI=1S/C23H28N2O2/c1-4-19-21-13-16-8-9-18(27-22(26)17-7-6-11-24-15-17)14-20(16)23(19,5-2)10-12-25(21)3/h6-9,11,14-15,19,21H,4-5,10,12-13H2,1-3H3/t19-,21?,23-/m0/s1. The van der Waals surface area contributed by atoms with Crippen molar-refractivity contribution in [3.63, 3.8) is 0 Å². The molecular formula is C23H28N2O2. The third-order valence-electron chi connectivity index (χ3n) is 6.88. The first-order chi connectivity index (χ1) is 13.1. The van der Waals surface area contributed by atoms with E-state index in [1.807, 2.05) is 6.07 Å². The molecule has 2 aliphatic rings. The van der Waals surface area contributed by atoms with Gasteiger partial charge < -0.3 is 9.64 Å². The summed E-state index contributed by atoms with van der Waals surface area (Å²) < 4.78 is 5.69. The number of piperidine rings is 1. The molecule has 1 fully saturated rings. The second-order valence-corrected chi connectivity index (χ2v) is 7.98. The fourth-order valence-corrected chi connectivity index (χ4v) is 5.46. The third-order valence-corrected chi connectivity index (χ3v) is 6.88. The lowest BCUT2D eigenvalue weighted by molar-refractivity contribution is 0.0257. The van der Waals surface area contributed by atoms with Crippen LogP contribution in [0.2, 0.25) is 0 Å². The van der Waals surface area contributed by atoms with E-state index in [4.69, 9.17) is 4.74 Å². The van der Waals surface area contributed by atoms with E-state index in [2.05, 4.69) is 42.9 Å². The van der Waals surface area contributed by atoms with Gasteiger partial charge in [0, 0.05) is 23.9 Å². The predicted molar refractivity (Wildman–Crippen MR) is 106 cm³/mol. The minimum absolute atomic E-state index is 0.191. The summed E-state index contributed by atoms with van der Waals surface area (Å²) in [6.07, 6.45) is 7.76. The molecule has 4 heteroatoms. The smallest absolute Gasteiger partial charge is 0.345 e. The van der Waals surface area contributed by atoms with Crippen LogP contribution in [0.25, 0.3) is 0 Å². The zero-order valence-corrected chi connectivity index (χ0v) is 16.4. The van der Waals surface area contributed by atoms with Gasteiger partial charge in [0.25, 0.3) is 0 Å². The average Bonchev–Trinajstić information content (AvgIpc) is 2.71. The number of pyridine rings is 1. The lowest BCUT2D eigenvalue weighted by Gasteiger charge is -2.56. The van der Waals surface area contributed by atoms with E-state index in [0.29, 0.717) is 23.3 Å². The van der Waals surface area contributed by atoms with E-state index in [1.54, 1.807) is 24.5 Å². The van der Waals surface area contributed by atoms with Crippen LogP contribution in [0, 0.1) is 5.92 Å². The Balaban J connectivity index is 1.70. The molecule has 1 unspecified atom stereocenters. The largest absolute Gasteiger partial charge is 0.423 e. The first kappa shape index (κ1) is 18.2. The molecule has 0 N–H and O–H groups in total. The number of likely N-dealkylation sites (tertiary alicyclic amines) is 1. The number of aromatic nitrogens is 1. The van der Waals surface area contributed by atoms with E-state index >= 15 is 0 Å². The summed E-state index contributed by atoms with van der Waals surface area (Å²) >= 11 is 0. The van der Waals surface area contributed by atoms with E-state index in [0.717, 1.165) is 19.4 Å². The quantitative estimate of drug-likeness (QED) is 0.601. The number of carbonyl (C=O) groups is 1. The summed E-state index contributed by atoms with van der Waals surface area (Å²) in [5.41, 5.74) is 3.49. The van der Waals surface area contributed by atoms with E-state index in [1.165, 1.54) is 24.0 Å². The number of benzene rings is 1. The molecule has 0 amide bonds. The number of carbonyl (C=O) groups excluding carboxylic acids is 1. The maximum Gasteiger partial charge on any atom is 0.345 e. The minimum atomic E-state index is -0.349. The molecule has 1 aliphatic heterocycles. The molecule has 27 heavy (non-hydrogen) atoms. The number of ether oxygens (including phenoxy) is 1. The molecule has 0 spiro atoms. The maximum atomic E-state index is 12.4. The van der Waals surface area contributed by atoms with Crippen molar-refractivity contribution >= 4 is 5.97 Å². The molecular weight excluding hydrogens is 336 g/mol. The second-order valence-electron chi connectivity index (χ2n) is 7.98. The Morgan fingerprint density at radius 3 is 2.89 bits per heavy atom. The molecule has 1 saturated heterocycles. The van der Waals surface area contributed by atoms with Crippen molar-refractivity contribution in [2.75, 3.05) is 13.6 Å². The third kappa shape index (κ3) is 2.96. The van der Waals surface area contributed by atoms with Gasteiger partial charge in [-0.2, -0.15) is 0 Å². The van der Waals surface area contributed by atoms with Gasteiger partial charge in [-0.15, -0.1) is 0 Å². The Morgan fingerprint density at radius 2 is 2.19 bits per heavy atom. The zero-order chi connectivity index (χ0) is 19.0. The van der Waals surface area contributed by atoms with Crippen molar-refractivity contribution in [3.8, 4) is 5.75 Å². The lowest BCUT2D eigenvalue weighted by Crippen LogP contribution is -2.58. The van der Waals surface area contributed by atoms with Gasteiger partial charge in [-0.25, -0.2) is 4.79 Å². The summed E-state index contributed by atoms with van der Waals surface area (Å²) in [5, 5.41) is 0. The Hall–Kier alpha value is -2.20. The molecule has 1 aromatic carbocycles. The molecule has 2 heterocycles. The second kappa shape index (κ2) is 7.08. The topological polar surface area (TPSA) is 42.4 Å². The van der Waals surface area contributed by atoms with Gasteiger partial charge >= 0.3 is 5.97 Å². The molecule has 4 nitrogen and oxygen atoms in total. The minimum Gasteiger partial charge on any atom is -0.423 e. The number of hydrogen-bond donors (Lipinski definition) is 0. The highest BCUT2D eigenvalue weighted by molar-refractivity contribution is 5.90. The number of likely N-dealkylation sites (N-methyl/N-ethyl adjacent to an activating group) is 1. The van der Waals surface area contributed by atoms with Gasteiger partial charge in [-0.3, -0.25) is 4.98 Å². The van der Waals surface area contributed by atoms with Gasteiger partial charge in [-0.1, -0.05) is 26.3 Å². The molecule has 142 valence electrons. The average molecular weight is 364 g/mol. The zero-order valence-electron chi connectivity index (χ0n) is 16.4. The Kier molecular flexibility index (Phi) is 4.77. The number of nitrogens with zero attached hydrogens (tertiary/aromatic N) is 2. The monoisotopic (exact) mass is 364 g/mol. The van der Waals surface area contributed by atoms with E-state index < -0.39 is 0 Å². The number of fused-ring (bicyclic) bond motifs is 4. The van der Waals surface area contributed by atoms with Crippen molar-refractivity contribution in [1.29, 1.82) is 0 Å². The fraction of sp³-hybridized carbons (Fsp3) is 0.478. The van der Waals surface area contributed by atoms with E-state index in [-0.39, 0.29) is 11.4 Å². The highest BCUT2D eigenvalue weighted by Crippen LogP contribution is 2.52. The van der Waals surface area contributed by atoms with Crippen molar-refractivity contribution in [1.82, 2.24) is 9.88 Å². The van der Waals surface area contributed by atoms with Crippen LogP contribution >= 0.6 is 0 Å². The van der Waals surface area contributed by atoms with Crippen LogP contribution < -0.4 is 4.74 Å². The van der Waals surface area contributed by atoms with Crippen LogP contribution in [0.5, 0.6) is 5.75 Å². The van der Waals surface area contributed by atoms with Crippen LogP contribution in [-0.2, 0) is 11.8 Å². The number of esters is 1. The molecule has 1 aliphatic carbocycles. The van der Waals surface area contributed by atoms with Gasteiger partial charge in [0.2, 0.25) is 0 Å². The summed E-state index contributed by atoms with van der Waals surface area (Å²) in [7, 11) is 2.27. The van der Waals surface area contributed by atoms with Crippen LogP contribution in [-0.4, -0.2) is 35.5 Å².